The van der Waals surface area contributed by atoms with Crippen molar-refractivity contribution in [1.29, 1.82) is 0 Å². The van der Waals surface area contributed by atoms with Crippen LogP contribution in [-0.4, -0.2) is 37.8 Å². The van der Waals surface area contributed by atoms with E-state index in [-0.39, 0.29) is 5.75 Å². The molecular formula is C16H23F2NO2. The Morgan fingerprint density at radius 2 is 2.05 bits per heavy atom. The van der Waals surface area contributed by atoms with Gasteiger partial charge in [-0.15, -0.1) is 0 Å². The van der Waals surface area contributed by atoms with Crippen LogP contribution in [0.3, 0.4) is 0 Å². The number of rotatable bonds is 7. The topological polar surface area (TPSA) is 21.7 Å². The smallest absolute Gasteiger partial charge is 0.387 e. The van der Waals surface area contributed by atoms with E-state index in [4.69, 9.17) is 4.74 Å². The van der Waals surface area contributed by atoms with Crippen molar-refractivity contribution in [2.75, 3.05) is 20.2 Å². The molecule has 0 bridgehead atoms. The van der Waals surface area contributed by atoms with Crippen LogP contribution in [0, 0.1) is 0 Å². The second kappa shape index (κ2) is 8.29. The number of ether oxygens (including phenoxy) is 2. The molecule has 118 valence electrons. The second-order valence-electron chi connectivity index (χ2n) is 5.54. The van der Waals surface area contributed by atoms with Crippen molar-refractivity contribution in [3.63, 3.8) is 0 Å². The first-order valence-electron chi connectivity index (χ1n) is 7.47. The molecule has 1 saturated heterocycles. The molecule has 1 aliphatic rings. The Hall–Kier alpha value is -1.20. The number of hydrogen-bond acceptors (Lipinski definition) is 3. The third kappa shape index (κ3) is 5.98. The van der Waals surface area contributed by atoms with Crippen LogP contribution in [0.2, 0.25) is 0 Å². The van der Waals surface area contributed by atoms with Crippen LogP contribution in [0.4, 0.5) is 8.78 Å². The van der Waals surface area contributed by atoms with Crippen molar-refractivity contribution in [2.45, 2.75) is 44.9 Å². The summed E-state index contributed by atoms with van der Waals surface area (Å²) in [6.07, 6.45) is 5.04. The second-order valence-corrected chi connectivity index (χ2v) is 5.54. The number of halogens is 2. The van der Waals surface area contributed by atoms with Gasteiger partial charge in [0.25, 0.3) is 0 Å². The van der Waals surface area contributed by atoms with Crippen molar-refractivity contribution < 1.29 is 18.3 Å². The highest BCUT2D eigenvalue weighted by Gasteiger charge is 2.14. The Labute approximate surface area is 124 Å². The predicted molar refractivity (Wildman–Crippen MR) is 77.6 cm³/mol. The molecule has 1 heterocycles. The summed E-state index contributed by atoms with van der Waals surface area (Å²) in [5.74, 6) is 0.201. The lowest BCUT2D eigenvalue weighted by Crippen LogP contribution is -2.26. The van der Waals surface area contributed by atoms with Crippen molar-refractivity contribution in [3.05, 3.63) is 29.8 Å². The fraction of sp³-hybridized carbons (Fsp3) is 0.625. The average Bonchev–Trinajstić information content (AvgIpc) is 2.48. The highest BCUT2D eigenvalue weighted by atomic mass is 19.3. The molecule has 0 aliphatic carbocycles. The molecule has 0 N–H and O–H groups in total. The van der Waals surface area contributed by atoms with E-state index in [0.717, 1.165) is 38.1 Å². The lowest BCUT2D eigenvalue weighted by atomic mass is 10.1. The third-order valence-electron chi connectivity index (χ3n) is 3.71. The van der Waals surface area contributed by atoms with Crippen LogP contribution < -0.4 is 4.74 Å². The molecular weight excluding hydrogens is 276 g/mol. The average molecular weight is 299 g/mol. The van der Waals surface area contributed by atoms with Crippen molar-refractivity contribution >= 4 is 0 Å². The Balaban J connectivity index is 1.72. The van der Waals surface area contributed by atoms with E-state index in [1.807, 2.05) is 12.1 Å². The van der Waals surface area contributed by atoms with Gasteiger partial charge in [0.05, 0.1) is 6.10 Å². The summed E-state index contributed by atoms with van der Waals surface area (Å²) in [6.45, 7) is -0.115. The monoisotopic (exact) mass is 299 g/mol. The molecule has 21 heavy (non-hydrogen) atoms. The predicted octanol–water partition coefficient (Wildman–Crippen LogP) is 3.68. The molecule has 1 aliphatic heterocycles. The van der Waals surface area contributed by atoms with E-state index in [0.29, 0.717) is 6.10 Å². The zero-order valence-corrected chi connectivity index (χ0v) is 12.4. The lowest BCUT2D eigenvalue weighted by Gasteiger charge is -2.25. The van der Waals surface area contributed by atoms with Gasteiger partial charge < -0.3 is 14.4 Å². The number of hydrogen-bond donors (Lipinski definition) is 0. The molecule has 1 unspecified atom stereocenters. The summed E-state index contributed by atoms with van der Waals surface area (Å²) in [4.78, 5) is 2.22. The fourth-order valence-electron chi connectivity index (χ4n) is 2.57. The lowest BCUT2D eigenvalue weighted by molar-refractivity contribution is -0.0498. The quantitative estimate of drug-likeness (QED) is 0.766. The summed E-state index contributed by atoms with van der Waals surface area (Å²) < 4.78 is 34.2. The van der Waals surface area contributed by atoms with Crippen molar-refractivity contribution in [2.24, 2.45) is 0 Å². The van der Waals surface area contributed by atoms with Gasteiger partial charge >= 0.3 is 6.61 Å². The maximum atomic E-state index is 12.1. The zero-order valence-electron chi connectivity index (χ0n) is 12.4. The molecule has 0 aromatic heterocycles. The summed E-state index contributed by atoms with van der Waals surface area (Å²) in [7, 11) is 2.06. The van der Waals surface area contributed by atoms with E-state index in [9.17, 15) is 8.78 Å². The number of benzene rings is 1. The summed E-state index contributed by atoms with van der Waals surface area (Å²) in [5.41, 5.74) is 1.09. The van der Waals surface area contributed by atoms with Crippen LogP contribution in [-0.2, 0) is 11.3 Å². The van der Waals surface area contributed by atoms with Crippen LogP contribution in [0.15, 0.2) is 24.3 Å². The first-order valence-corrected chi connectivity index (χ1v) is 7.47. The molecule has 1 aromatic carbocycles. The van der Waals surface area contributed by atoms with Gasteiger partial charge in [-0.3, -0.25) is 0 Å². The van der Waals surface area contributed by atoms with E-state index in [1.165, 1.54) is 12.8 Å². The Bertz CT molecular complexity index is 405. The van der Waals surface area contributed by atoms with Gasteiger partial charge in [0.1, 0.15) is 5.75 Å². The van der Waals surface area contributed by atoms with Gasteiger partial charge in [-0.25, -0.2) is 0 Å². The maximum Gasteiger partial charge on any atom is 0.387 e. The van der Waals surface area contributed by atoms with Crippen LogP contribution in [0.25, 0.3) is 0 Å². The summed E-state index contributed by atoms with van der Waals surface area (Å²) >= 11 is 0. The minimum absolute atomic E-state index is 0.201. The Morgan fingerprint density at radius 3 is 2.67 bits per heavy atom. The molecule has 3 nitrogen and oxygen atoms in total. The van der Waals surface area contributed by atoms with Crippen molar-refractivity contribution in [1.82, 2.24) is 4.90 Å². The van der Waals surface area contributed by atoms with Gasteiger partial charge in [-0.2, -0.15) is 8.78 Å². The summed E-state index contributed by atoms with van der Waals surface area (Å²) in [6, 6.07) is 6.82. The standard InChI is InChI=1S/C16H23F2NO2/c1-19(10-9-14-4-2-3-11-20-14)12-13-5-7-15(8-6-13)21-16(17)18/h5-8,14,16H,2-4,9-12H2,1H3. The molecule has 0 radical (unpaired) electrons. The van der Waals surface area contributed by atoms with Gasteiger partial charge in [-0.05, 0) is 50.4 Å². The summed E-state index contributed by atoms with van der Waals surface area (Å²) in [5, 5.41) is 0. The molecule has 1 atom stereocenters. The maximum absolute atomic E-state index is 12.1. The molecule has 0 amide bonds. The molecule has 0 saturated carbocycles. The number of nitrogens with zero attached hydrogens (tertiary/aromatic N) is 1. The fourth-order valence-corrected chi connectivity index (χ4v) is 2.57. The van der Waals surface area contributed by atoms with Gasteiger partial charge in [-0.1, -0.05) is 12.1 Å². The Kier molecular flexibility index (Phi) is 6.39. The minimum Gasteiger partial charge on any atom is -0.435 e. The van der Waals surface area contributed by atoms with E-state index >= 15 is 0 Å². The molecule has 1 fully saturated rings. The number of alkyl halides is 2. The zero-order chi connectivity index (χ0) is 15.1. The van der Waals surface area contributed by atoms with Crippen molar-refractivity contribution in [3.8, 4) is 5.75 Å². The van der Waals surface area contributed by atoms with Crippen LogP contribution >= 0.6 is 0 Å². The van der Waals surface area contributed by atoms with Crippen LogP contribution in [0.1, 0.15) is 31.2 Å². The van der Waals surface area contributed by atoms with Gasteiger partial charge in [0, 0.05) is 19.7 Å². The molecule has 1 aromatic rings. The highest BCUT2D eigenvalue weighted by molar-refractivity contribution is 5.27. The van der Waals surface area contributed by atoms with Gasteiger partial charge in [0.15, 0.2) is 0 Å². The van der Waals surface area contributed by atoms with E-state index in [2.05, 4.69) is 16.7 Å². The van der Waals surface area contributed by atoms with Gasteiger partial charge in [0.2, 0.25) is 0 Å². The molecule has 0 spiro atoms. The minimum atomic E-state index is -2.77. The highest BCUT2D eigenvalue weighted by Crippen LogP contribution is 2.18. The first-order chi connectivity index (χ1) is 10.1. The molecule has 2 rings (SSSR count). The third-order valence-corrected chi connectivity index (χ3v) is 3.71. The molecule has 5 heteroatoms. The van der Waals surface area contributed by atoms with E-state index in [1.54, 1.807) is 12.1 Å². The normalized spacial score (nSPS) is 19.2. The Morgan fingerprint density at radius 1 is 1.29 bits per heavy atom. The van der Waals surface area contributed by atoms with E-state index < -0.39 is 6.61 Å². The SMILES string of the molecule is CN(CCC1CCCCO1)Cc1ccc(OC(F)F)cc1. The van der Waals surface area contributed by atoms with Crippen LogP contribution in [0.5, 0.6) is 5.75 Å². The first kappa shape index (κ1) is 16.2. The largest absolute Gasteiger partial charge is 0.435 e.